The van der Waals surface area contributed by atoms with Crippen molar-refractivity contribution in [2.45, 2.75) is 42.2 Å². The van der Waals surface area contributed by atoms with E-state index in [1.54, 1.807) is 0 Å². The Morgan fingerprint density at radius 3 is 1.15 bits per heavy atom. The van der Waals surface area contributed by atoms with Crippen LogP contribution in [0.25, 0.3) is 0 Å². The molecule has 0 heterocycles. The smallest absolute Gasteiger partial charge is 0.394 e. The van der Waals surface area contributed by atoms with Crippen molar-refractivity contribution in [2.75, 3.05) is 84.2 Å². The molecule has 0 aliphatic heterocycles. The fourth-order valence-electron chi connectivity index (χ4n) is 2.43. The molecule has 0 aromatic carbocycles. The Morgan fingerprint density at radius 2 is 0.775 bits per heavy atom. The molecule has 6 nitrogen and oxygen atoms in total. The molecule has 0 aliphatic rings. The highest BCUT2D eigenvalue weighted by Gasteiger charge is 2.90. The van der Waals surface area contributed by atoms with Crippen LogP contribution >= 0.6 is 11.8 Å². The number of thioether (sulfide) groups is 1. The predicted octanol–water partition coefficient (Wildman–Crippen LogP) is 4.92. The minimum atomic E-state index is -7.88. The highest BCUT2D eigenvalue weighted by atomic mass is 32.2. The maximum atomic E-state index is 13.7. The van der Waals surface area contributed by atoms with Gasteiger partial charge in [-0.3, -0.25) is 0 Å². The minimum Gasteiger partial charge on any atom is -0.394 e. The molecular weight excluding hydrogens is 615 g/mol. The molecule has 0 aliphatic carbocycles. The molecule has 0 amide bonds. The lowest BCUT2D eigenvalue weighted by Gasteiger charge is -2.39. The summed E-state index contributed by atoms with van der Waals surface area (Å²) in [5.74, 6) is -37.9. The summed E-state index contributed by atoms with van der Waals surface area (Å²) in [7, 11) is 0. The lowest BCUT2D eigenvalue weighted by molar-refractivity contribution is -0.439. The zero-order valence-electron chi connectivity index (χ0n) is 20.7. The third-order valence-electron chi connectivity index (χ3n) is 4.65. The zero-order chi connectivity index (χ0) is 31.1. The van der Waals surface area contributed by atoms with E-state index >= 15 is 0 Å². The van der Waals surface area contributed by atoms with Gasteiger partial charge < -0.3 is 28.8 Å². The molecule has 0 saturated carbocycles. The molecule has 40 heavy (non-hydrogen) atoms. The van der Waals surface area contributed by atoms with E-state index in [1.807, 2.05) is 0 Å². The highest BCUT2D eigenvalue weighted by Crippen LogP contribution is 2.60. The zero-order valence-corrected chi connectivity index (χ0v) is 21.5. The highest BCUT2D eigenvalue weighted by molar-refractivity contribution is 7.99. The van der Waals surface area contributed by atoms with E-state index in [2.05, 4.69) is 0 Å². The Kier molecular flexibility index (Phi) is 17.0. The van der Waals surface area contributed by atoms with Gasteiger partial charge in [0.15, 0.2) is 0 Å². The van der Waals surface area contributed by atoms with E-state index in [-0.39, 0.29) is 58.6 Å². The van der Waals surface area contributed by atoms with E-state index in [1.165, 1.54) is 0 Å². The number of aliphatic hydroxyl groups is 1. The molecule has 0 aromatic heterocycles. The topological polar surface area (TPSA) is 66.4 Å². The molecule has 0 bridgehead atoms. The van der Waals surface area contributed by atoms with Crippen molar-refractivity contribution in [3.05, 3.63) is 0 Å². The minimum absolute atomic E-state index is 0.000460. The van der Waals surface area contributed by atoms with Crippen molar-refractivity contribution in [1.82, 2.24) is 0 Å². The van der Waals surface area contributed by atoms with Crippen LogP contribution in [0, 0.1) is 0 Å². The summed E-state index contributed by atoms with van der Waals surface area (Å²) in [5, 5.41) is 8.49. The Balaban J connectivity index is 4.17. The van der Waals surface area contributed by atoms with Gasteiger partial charge in [-0.2, -0.15) is 68.8 Å². The molecular formula is C20H29F13O6S. The largest absolute Gasteiger partial charge is 0.460 e. The van der Waals surface area contributed by atoms with Crippen molar-refractivity contribution in [1.29, 1.82) is 0 Å². The first kappa shape index (κ1) is 39.2. The molecule has 1 N–H and O–H groups in total. The van der Waals surface area contributed by atoms with Gasteiger partial charge in [0.25, 0.3) is 0 Å². The average Bonchev–Trinajstić information content (AvgIpc) is 2.84. The van der Waals surface area contributed by atoms with Gasteiger partial charge in [-0.1, -0.05) is 0 Å². The van der Waals surface area contributed by atoms with E-state index in [4.69, 9.17) is 28.8 Å². The van der Waals surface area contributed by atoms with Crippen molar-refractivity contribution < 1.29 is 85.9 Å². The Labute approximate surface area is 224 Å². The molecule has 0 atom stereocenters. The summed E-state index contributed by atoms with van der Waals surface area (Å²) in [6.45, 7) is 1.66. The normalized spacial score (nSPS) is 14.2. The molecule has 20 heteroatoms. The molecule has 242 valence electrons. The quantitative estimate of drug-likeness (QED) is 0.118. The molecule has 0 saturated heterocycles. The van der Waals surface area contributed by atoms with E-state index in [0.29, 0.717) is 31.6 Å². The van der Waals surface area contributed by atoms with Gasteiger partial charge in [0.1, 0.15) is 0 Å². The first-order valence-electron chi connectivity index (χ1n) is 11.3. The summed E-state index contributed by atoms with van der Waals surface area (Å²) in [6.07, 6.45) is -9.66. The summed E-state index contributed by atoms with van der Waals surface area (Å²) < 4.78 is 195. The summed E-state index contributed by atoms with van der Waals surface area (Å²) in [6, 6.07) is 0. The number of aliphatic hydroxyl groups excluding tert-OH is 1. The van der Waals surface area contributed by atoms with E-state index in [0.717, 1.165) is 0 Å². The van der Waals surface area contributed by atoms with Gasteiger partial charge in [-0.05, 0) is 5.75 Å². The van der Waals surface area contributed by atoms with Gasteiger partial charge in [-0.15, -0.1) is 0 Å². The summed E-state index contributed by atoms with van der Waals surface area (Å²) in [5.41, 5.74) is 0. The van der Waals surface area contributed by atoms with Gasteiger partial charge in [0.2, 0.25) is 0 Å². The van der Waals surface area contributed by atoms with Crippen LogP contribution in [0.3, 0.4) is 0 Å². The van der Waals surface area contributed by atoms with E-state index in [9.17, 15) is 57.1 Å². The molecule has 0 aromatic rings. The number of halogens is 13. The van der Waals surface area contributed by atoms with Gasteiger partial charge in [0.05, 0.1) is 72.7 Å². The van der Waals surface area contributed by atoms with Crippen molar-refractivity contribution in [3.63, 3.8) is 0 Å². The number of hydrogen-bond donors (Lipinski definition) is 1. The van der Waals surface area contributed by atoms with Crippen LogP contribution in [0.15, 0.2) is 0 Å². The maximum Gasteiger partial charge on any atom is 0.460 e. The number of hydrogen-bond acceptors (Lipinski definition) is 7. The number of rotatable bonds is 24. The SMILES string of the molecule is OCCOCCOCCOCCOCCOCCSCCC(F)(F)C(F)(F)C(F)(F)C(F)(F)C(F)(F)C(F)(F)F. The fourth-order valence-corrected chi connectivity index (χ4v) is 3.27. The van der Waals surface area contributed by atoms with Gasteiger partial charge >= 0.3 is 35.8 Å². The van der Waals surface area contributed by atoms with Crippen molar-refractivity contribution >= 4 is 11.8 Å². The first-order chi connectivity index (χ1) is 18.3. The number of alkyl halides is 13. The van der Waals surface area contributed by atoms with Gasteiger partial charge in [-0.25, -0.2) is 0 Å². The summed E-state index contributed by atoms with van der Waals surface area (Å²) >= 11 is 0.420. The lowest BCUT2D eigenvalue weighted by Crippen LogP contribution is -2.70. The second kappa shape index (κ2) is 17.3. The molecule has 0 spiro atoms. The molecule has 0 unspecified atom stereocenters. The van der Waals surface area contributed by atoms with Crippen LogP contribution in [0.5, 0.6) is 0 Å². The Bertz CT molecular complexity index is 684. The standard InChI is InChI=1S/C20H29F13O6S/c21-15(22,16(23,24)17(25,26)18(27,28)19(29,30)20(31,32)33)1-13-40-14-12-39-11-10-38-9-8-37-7-6-36-5-4-35-3-2-34/h34H,1-14H2. The number of ether oxygens (including phenoxy) is 5. The van der Waals surface area contributed by atoms with Crippen LogP contribution in [0.4, 0.5) is 57.1 Å². The Morgan fingerprint density at radius 1 is 0.425 bits per heavy atom. The Hall–Kier alpha value is -0.800. The third kappa shape index (κ3) is 11.1. The monoisotopic (exact) mass is 644 g/mol. The molecule has 0 radical (unpaired) electrons. The maximum absolute atomic E-state index is 13.7. The summed E-state index contributed by atoms with van der Waals surface area (Å²) in [4.78, 5) is 0. The predicted molar refractivity (Wildman–Crippen MR) is 114 cm³/mol. The lowest BCUT2D eigenvalue weighted by atomic mass is 9.93. The molecule has 0 rings (SSSR count). The van der Waals surface area contributed by atoms with E-state index < -0.39 is 48.0 Å². The van der Waals surface area contributed by atoms with Crippen LogP contribution in [-0.4, -0.2) is 125 Å². The average molecular weight is 644 g/mol. The molecule has 0 fully saturated rings. The second-order valence-electron chi connectivity index (χ2n) is 7.65. The van der Waals surface area contributed by atoms with Crippen LogP contribution in [-0.2, 0) is 23.7 Å². The van der Waals surface area contributed by atoms with Crippen LogP contribution in [0.2, 0.25) is 0 Å². The second-order valence-corrected chi connectivity index (χ2v) is 8.87. The van der Waals surface area contributed by atoms with Crippen molar-refractivity contribution in [2.24, 2.45) is 0 Å². The van der Waals surface area contributed by atoms with Gasteiger partial charge in [0, 0.05) is 12.2 Å². The van der Waals surface area contributed by atoms with Crippen LogP contribution < -0.4 is 0 Å². The third-order valence-corrected chi connectivity index (χ3v) is 5.60. The fraction of sp³-hybridized carbons (Fsp3) is 1.00. The van der Waals surface area contributed by atoms with Crippen LogP contribution in [0.1, 0.15) is 6.42 Å². The first-order valence-corrected chi connectivity index (χ1v) is 12.5. The van der Waals surface area contributed by atoms with Crippen molar-refractivity contribution in [3.8, 4) is 0 Å².